The van der Waals surface area contributed by atoms with E-state index >= 15 is 0 Å². The highest BCUT2D eigenvalue weighted by Gasteiger charge is 2.15. The molecule has 5 rings (SSSR count). The third kappa shape index (κ3) is 4.68. The Balaban J connectivity index is 1.47. The van der Waals surface area contributed by atoms with Crippen LogP contribution in [-0.2, 0) is 4.74 Å². The van der Waals surface area contributed by atoms with Crippen LogP contribution in [0.25, 0.3) is 28.2 Å². The van der Waals surface area contributed by atoms with E-state index in [4.69, 9.17) is 4.74 Å². The van der Waals surface area contributed by atoms with Gasteiger partial charge in [0, 0.05) is 16.9 Å². The monoisotopic (exact) mass is 472 g/mol. The number of rotatable bonds is 6. The van der Waals surface area contributed by atoms with E-state index in [2.05, 4.69) is 46.3 Å². The van der Waals surface area contributed by atoms with Gasteiger partial charge >= 0.3 is 5.97 Å². The largest absolute Gasteiger partial charge is 0.465 e. The summed E-state index contributed by atoms with van der Waals surface area (Å²) in [5, 5.41) is 2.85. The van der Waals surface area contributed by atoms with Crippen molar-refractivity contribution in [2.24, 2.45) is 0 Å². The fourth-order valence-corrected chi connectivity index (χ4v) is 4.19. The molecule has 0 bridgehead atoms. The van der Waals surface area contributed by atoms with Crippen LogP contribution in [-0.4, -0.2) is 23.6 Å². The Morgan fingerprint density at radius 1 is 0.639 bits per heavy atom. The van der Waals surface area contributed by atoms with Crippen LogP contribution in [0.3, 0.4) is 0 Å². The molecule has 0 saturated carbocycles. The zero-order valence-electron chi connectivity index (χ0n) is 19.7. The lowest BCUT2D eigenvalue weighted by Crippen LogP contribution is -2.12. The van der Waals surface area contributed by atoms with E-state index in [9.17, 15) is 9.59 Å². The number of amides is 1. The van der Waals surface area contributed by atoms with Gasteiger partial charge in [0.05, 0.1) is 24.1 Å². The maximum atomic E-state index is 12.9. The molecule has 5 heteroatoms. The molecule has 0 fully saturated rings. The molecule has 36 heavy (non-hydrogen) atoms. The number of benzene rings is 4. The van der Waals surface area contributed by atoms with E-state index in [0.29, 0.717) is 16.8 Å². The summed E-state index contributed by atoms with van der Waals surface area (Å²) < 4.78 is 6.96. The molecule has 1 heterocycles. The molecule has 0 radical (unpaired) electrons. The van der Waals surface area contributed by atoms with Gasteiger partial charge < -0.3 is 14.6 Å². The molecule has 0 unspecified atom stereocenters. The third-order valence-corrected chi connectivity index (χ3v) is 5.95. The smallest absolute Gasteiger partial charge is 0.337 e. The van der Waals surface area contributed by atoms with Crippen molar-refractivity contribution < 1.29 is 14.3 Å². The van der Waals surface area contributed by atoms with E-state index in [-0.39, 0.29) is 5.91 Å². The van der Waals surface area contributed by atoms with Crippen LogP contribution >= 0.6 is 0 Å². The van der Waals surface area contributed by atoms with Crippen LogP contribution in [0, 0.1) is 0 Å². The SMILES string of the molecule is COC(=O)c1cccc(NC(=O)c2ccc(-n3c(-c4ccccc4)ccc3-c3ccccc3)cc2)c1. The van der Waals surface area contributed by atoms with Gasteiger partial charge in [-0.15, -0.1) is 0 Å². The summed E-state index contributed by atoms with van der Waals surface area (Å²) in [6.45, 7) is 0. The highest BCUT2D eigenvalue weighted by Crippen LogP contribution is 2.32. The first-order chi connectivity index (χ1) is 17.6. The molecule has 0 aliphatic heterocycles. The number of hydrogen-bond acceptors (Lipinski definition) is 3. The maximum Gasteiger partial charge on any atom is 0.337 e. The fourth-order valence-electron chi connectivity index (χ4n) is 4.19. The molecule has 0 aliphatic rings. The summed E-state index contributed by atoms with van der Waals surface area (Å²) >= 11 is 0. The molecular formula is C31H24N2O3. The van der Waals surface area contributed by atoms with Crippen molar-refractivity contribution in [2.45, 2.75) is 0 Å². The predicted molar refractivity (Wildman–Crippen MR) is 142 cm³/mol. The quantitative estimate of drug-likeness (QED) is 0.275. The van der Waals surface area contributed by atoms with Gasteiger partial charge in [-0.05, 0) is 65.7 Å². The van der Waals surface area contributed by atoms with E-state index < -0.39 is 5.97 Å². The zero-order valence-corrected chi connectivity index (χ0v) is 19.7. The van der Waals surface area contributed by atoms with Gasteiger partial charge in [0.15, 0.2) is 0 Å². The molecule has 0 aliphatic carbocycles. The zero-order chi connectivity index (χ0) is 24.9. The number of nitrogens with one attached hydrogen (secondary N) is 1. The molecular weight excluding hydrogens is 448 g/mol. The van der Waals surface area contributed by atoms with Gasteiger partial charge in [0.25, 0.3) is 5.91 Å². The summed E-state index contributed by atoms with van der Waals surface area (Å²) in [7, 11) is 1.33. The first kappa shape index (κ1) is 22.9. The number of esters is 1. The number of nitrogens with zero attached hydrogens (tertiary/aromatic N) is 1. The summed E-state index contributed by atoms with van der Waals surface area (Å²) in [6, 6.07) is 38.9. The van der Waals surface area contributed by atoms with Crippen LogP contribution in [0.1, 0.15) is 20.7 Å². The lowest BCUT2D eigenvalue weighted by atomic mass is 10.1. The van der Waals surface area contributed by atoms with Crippen molar-refractivity contribution >= 4 is 17.6 Å². The number of ether oxygens (including phenoxy) is 1. The second-order valence-electron chi connectivity index (χ2n) is 8.24. The summed E-state index contributed by atoms with van der Waals surface area (Å²) in [5.74, 6) is -0.715. The Morgan fingerprint density at radius 3 is 1.78 bits per heavy atom. The molecule has 1 amide bonds. The van der Waals surface area contributed by atoms with Crippen LogP contribution < -0.4 is 5.32 Å². The number of aromatic nitrogens is 1. The molecule has 1 aromatic heterocycles. The lowest BCUT2D eigenvalue weighted by Gasteiger charge is -2.15. The van der Waals surface area contributed by atoms with Crippen molar-refractivity contribution in [3.8, 4) is 28.2 Å². The molecule has 0 spiro atoms. The predicted octanol–water partition coefficient (Wildman–Crippen LogP) is 6.85. The summed E-state index contributed by atoms with van der Waals surface area (Å²) in [4.78, 5) is 24.7. The van der Waals surface area contributed by atoms with Crippen molar-refractivity contribution in [1.29, 1.82) is 0 Å². The Morgan fingerprint density at radius 2 is 1.22 bits per heavy atom. The maximum absolute atomic E-state index is 12.9. The van der Waals surface area contributed by atoms with Gasteiger partial charge in [-0.1, -0.05) is 66.7 Å². The second kappa shape index (κ2) is 10.2. The minimum Gasteiger partial charge on any atom is -0.465 e. The Bertz CT molecular complexity index is 1450. The normalized spacial score (nSPS) is 10.6. The van der Waals surface area contributed by atoms with Gasteiger partial charge in [-0.2, -0.15) is 0 Å². The minimum atomic E-state index is -0.453. The number of carbonyl (C=O) groups excluding carboxylic acids is 2. The van der Waals surface area contributed by atoms with Crippen molar-refractivity contribution in [2.75, 3.05) is 12.4 Å². The van der Waals surface area contributed by atoms with E-state index in [1.165, 1.54) is 7.11 Å². The van der Waals surface area contributed by atoms with Crippen LogP contribution in [0.2, 0.25) is 0 Å². The standard InChI is InChI=1S/C31H24N2O3/c1-36-31(35)25-13-8-14-26(21-25)32-30(34)24-15-17-27(18-16-24)33-28(22-9-4-2-5-10-22)19-20-29(33)23-11-6-3-7-12-23/h2-21H,1H3,(H,32,34). The molecule has 0 saturated heterocycles. The number of methoxy groups -OCH3 is 1. The van der Waals surface area contributed by atoms with Gasteiger partial charge in [-0.25, -0.2) is 4.79 Å². The van der Waals surface area contributed by atoms with Crippen molar-refractivity contribution in [3.05, 3.63) is 132 Å². The Labute approximate surface area is 209 Å². The average Bonchev–Trinajstić information content (AvgIpc) is 3.39. The number of carbonyl (C=O) groups is 2. The van der Waals surface area contributed by atoms with Gasteiger partial charge in [-0.3, -0.25) is 4.79 Å². The summed E-state index contributed by atoms with van der Waals surface area (Å²) in [5.41, 5.74) is 6.69. The van der Waals surface area contributed by atoms with Crippen LogP contribution in [0.15, 0.2) is 121 Å². The molecule has 4 aromatic carbocycles. The number of anilines is 1. The highest BCUT2D eigenvalue weighted by atomic mass is 16.5. The van der Waals surface area contributed by atoms with Gasteiger partial charge in [0.2, 0.25) is 0 Å². The Kier molecular flexibility index (Phi) is 6.45. The first-order valence-corrected chi connectivity index (χ1v) is 11.6. The van der Waals surface area contributed by atoms with E-state index in [1.54, 1.807) is 36.4 Å². The molecule has 5 aromatic rings. The van der Waals surface area contributed by atoms with Gasteiger partial charge in [0.1, 0.15) is 0 Å². The molecule has 176 valence electrons. The van der Waals surface area contributed by atoms with Crippen molar-refractivity contribution in [1.82, 2.24) is 4.57 Å². The molecule has 5 nitrogen and oxygen atoms in total. The first-order valence-electron chi connectivity index (χ1n) is 11.6. The third-order valence-electron chi connectivity index (χ3n) is 5.95. The minimum absolute atomic E-state index is 0.261. The topological polar surface area (TPSA) is 60.3 Å². The fraction of sp³-hybridized carbons (Fsp3) is 0.0323. The number of hydrogen-bond donors (Lipinski definition) is 1. The summed E-state index contributed by atoms with van der Waals surface area (Å²) in [6.07, 6.45) is 0. The molecule has 0 atom stereocenters. The second-order valence-corrected chi connectivity index (χ2v) is 8.24. The Hall–Kier alpha value is -4.90. The van der Waals surface area contributed by atoms with Crippen LogP contribution in [0.5, 0.6) is 0 Å². The average molecular weight is 473 g/mol. The van der Waals surface area contributed by atoms with E-state index in [1.807, 2.05) is 48.5 Å². The van der Waals surface area contributed by atoms with Crippen LogP contribution in [0.4, 0.5) is 5.69 Å². The highest BCUT2D eigenvalue weighted by molar-refractivity contribution is 6.05. The van der Waals surface area contributed by atoms with E-state index in [0.717, 1.165) is 28.2 Å². The molecule has 1 N–H and O–H groups in total. The van der Waals surface area contributed by atoms with Crippen molar-refractivity contribution in [3.63, 3.8) is 0 Å². The lowest BCUT2D eigenvalue weighted by molar-refractivity contribution is 0.0600.